The average molecular weight is 343 g/mol. The van der Waals surface area contributed by atoms with Crippen LogP contribution in [0.15, 0.2) is 4.52 Å². The quantitative estimate of drug-likeness (QED) is 0.903. The molecule has 2 aliphatic rings. The maximum absolute atomic E-state index is 12.3. The first-order chi connectivity index (χ1) is 10.4. The maximum Gasteiger partial charge on any atom is 0.226 e. The second-order valence-corrected chi connectivity index (χ2v) is 7.59. The third kappa shape index (κ3) is 4.23. The van der Waals surface area contributed by atoms with E-state index < -0.39 is 0 Å². The number of hydrogen-bond acceptors (Lipinski definition) is 5. The number of hydrogen-bond donors (Lipinski definition) is 1. The van der Waals surface area contributed by atoms with Gasteiger partial charge in [-0.05, 0) is 18.3 Å². The van der Waals surface area contributed by atoms with Gasteiger partial charge < -0.3 is 14.7 Å². The molecule has 7 heteroatoms. The summed E-state index contributed by atoms with van der Waals surface area (Å²) in [6.45, 7) is 10.1. The zero-order valence-corrected chi connectivity index (χ0v) is 15.0. The standard InChI is InChI=1S/C16H26N4O2.ClH/c1-16(2,3)15-18-13(22-19-15)5-4-6-14(21)20-9-11-7-17-8-12(11)10-20;/h11-12,17H,4-10H2,1-3H3;1H/t11-,12+;. The van der Waals surface area contributed by atoms with Crippen LogP contribution in [-0.4, -0.2) is 47.1 Å². The van der Waals surface area contributed by atoms with E-state index in [2.05, 4.69) is 36.2 Å². The van der Waals surface area contributed by atoms with Crippen molar-refractivity contribution in [3.63, 3.8) is 0 Å². The van der Waals surface area contributed by atoms with E-state index in [0.717, 1.165) is 38.4 Å². The fourth-order valence-corrected chi connectivity index (χ4v) is 3.27. The number of carbonyl (C=O) groups is 1. The van der Waals surface area contributed by atoms with E-state index in [9.17, 15) is 4.79 Å². The molecule has 23 heavy (non-hydrogen) atoms. The Morgan fingerprint density at radius 2 is 1.96 bits per heavy atom. The van der Waals surface area contributed by atoms with Crippen LogP contribution in [0.2, 0.25) is 0 Å². The lowest BCUT2D eigenvalue weighted by Gasteiger charge is -2.17. The van der Waals surface area contributed by atoms with Crippen LogP contribution in [-0.2, 0) is 16.6 Å². The number of nitrogens with zero attached hydrogens (tertiary/aromatic N) is 3. The molecule has 6 nitrogen and oxygen atoms in total. The normalized spacial score (nSPS) is 23.7. The molecule has 1 N–H and O–H groups in total. The number of fused-ring (bicyclic) bond motifs is 1. The van der Waals surface area contributed by atoms with E-state index in [4.69, 9.17) is 4.52 Å². The summed E-state index contributed by atoms with van der Waals surface area (Å²) in [5, 5.41) is 7.41. The molecule has 0 spiro atoms. The van der Waals surface area contributed by atoms with Crippen molar-refractivity contribution in [1.29, 1.82) is 0 Å². The Labute approximate surface area is 143 Å². The minimum absolute atomic E-state index is 0. The Kier molecular flexibility index (Phi) is 5.68. The average Bonchev–Trinajstić information content (AvgIpc) is 3.12. The van der Waals surface area contributed by atoms with Crippen molar-refractivity contribution in [3.8, 4) is 0 Å². The predicted molar refractivity (Wildman–Crippen MR) is 89.6 cm³/mol. The van der Waals surface area contributed by atoms with Gasteiger partial charge in [-0.2, -0.15) is 4.98 Å². The number of likely N-dealkylation sites (tertiary alicyclic amines) is 1. The third-order valence-electron chi connectivity index (χ3n) is 4.66. The summed E-state index contributed by atoms with van der Waals surface area (Å²) in [5.74, 6) is 2.96. The van der Waals surface area contributed by atoms with Crippen molar-refractivity contribution in [2.24, 2.45) is 11.8 Å². The van der Waals surface area contributed by atoms with Gasteiger partial charge in [0.2, 0.25) is 11.8 Å². The molecular formula is C16H27ClN4O2. The number of carbonyl (C=O) groups excluding carboxylic acids is 1. The van der Waals surface area contributed by atoms with Gasteiger partial charge in [0.15, 0.2) is 5.82 Å². The Hall–Kier alpha value is -1.14. The van der Waals surface area contributed by atoms with Gasteiger partial charge in [0.25, 0.3) is 0 Å². The number of aromatic nitrogens is 2. The molecule has 3 rings (SSSR count). The molecule has 0 radical (unpaired) electrons. The number of aryl methyl sites for hydroxylation is 1. The van der Waals surface area contributed by atoms with Crippen LogP contribution < -0.4 is 5.32 Å². The Balaban J connectivity index is 0.00000192. The molecule has 1 aromatic heterocycles. The van der Waals surface area contributed by atoms with E-state index in [0.29, 0.717) is 30.6 Å². The lowest BCUT2D eigenvalue weighted by molar-refractivity contribution is -0.130. The SMILES string of the molecule is CC(C)(C)c1noc(CCCC(=O)N2C[C@H]3CNC[C@H]3C2)n1.Cl. The van der Waals surface area contributed by atoms with Crippen LogP contribution in [0.4, 0.5) is 0 Å². The van der Waals surface area contributed by atoms with E-state index in [1.165, 1.54) is 0 Å². The van der Waals surface area contributed by atoms with Crippen molar-refractivity contribution in [2.75, 3.05) is 26.2 Å². The molecule has 0 aromatic carbocycles. The van der Waals surface area contributed by atoms with Gasteiger partial charge in [0.05, 0.1) is 0 Å². The van der Waals surface area contributed by atoms with Crippen molar-refractivity contribution in [1.82, 2.24) is 20.4 Å². The van der Waals surface area contributed by atoms with Crippen LogP contribution in [0.5, 0.6) is 0 Å². The third-order valence-corrected chi connectivity index (χ3v) is 4.66. The second-order valence-electron chi connectivity index (χ2n) is 7.59. The smallest absolute Gasteiger partial charge is 0.226 e. The van der Waals surface area contributed by atoms with Crippen LogP contribution >= 0.6 is 12.4 Å². The summed E-state index contributed by atoms with van der Waals surface area (Å²) < 4.78 is 5.26. The van der Waals surface area contributed by atoms with E-state index >= 15 is 0 Å². The van der Waals surface area contributed by atoms with Gasteiger partial charge in [-0.25, -0.2) is 0 Å². The minimum atomic E-state index is -0.0983. The Morgan fingerprint density at radius 1 is 1.30 bits per heavy atom. The number of halogens is 1. The molecule has 0 unspecified atom stereocenters. The molecule has 1 amide bonds. The van der Waals surface area contributed by atoms with E-state index in [-0.39, 0.29) is 23.7 Å². The molecule has 3 heterocycles. The zero-order chi connectivity index (χ0) is 15.7. The Bertz CT molecular complexity index is 528. The highest BCUT2D eigenvalue weighted by molar-refractivity contribution is 5.85. The van der Waals surface area contributed by atoms with Crippen molar-refractivity contribution in [2.45, 2.75) is 45.4 Å². The molecule has 0 aliphatic carbocycles. The molecule has 2 saturated heterocycles. The minimum Gasteiger partial charge on any atom is -0.342 e. The first-order valence-corrected chi connectivity index (χ1v) is 8.25. The lowest BCUT2D eigenvalue weighted by Crippen LogP contribution is -2.31. The van der Waals surface area contributed by atoms with Gasteiger partial charge in [0, 0.05) is 44.4 Å². The Morgan fingerprint density at radius 3 is 2.52 bits per heavy atom. The number of rotatable bonds is 4. The van der Waals surface area contributed by atoms with Gasteiger partial charge >= 0.3 is 0 Å². The van der Waals surface area contributed by atoms with Crippen molar-refractivity contribution < 1.29 is 9.32 Å². The van der Waals surface area contributed by atoms with Crippen LogP contribution in [0.3, 0.4) is 0 Å². The summed E-state index contributed by atoms with van der Waals surface area (Å²) in [6, 6.07) is 0. The molecule has 1 aromatic rings. The predicted octanol–water partition coefficient (Wildman–Crippen LogP) is 1.79. The van der Waals surface area contributed by atoms with Gasteiger partial charge in [0.1, 0.15) is 0 Å². The summed E-state index contributed by atoms with van der Waals surface area (Å²) in [6.07, 6.45) is 2.02. The van der Waals surface area contributed by atoms with Crippen LogP contribution in [0, 0.1) is 11.8 Å². The highest BCUT2D eigenvalue weighted by atomic mass is 35.5. The lowest BCUT2D eigenvalue weighted by atomic mass is 9.96. The summed E-state index contributed by atoms with van der Waals surface area (Å²) in [4.78, 5) is 18.7. The largest absolute Gasteiger partial charge is 0.342 e. The van der Waals surface area contributed by atoms with Gasteiger partial charge in [-0.3, -0.25) is 4.79 Å². The molecule has 2 fully saturated rings. The topological polar surface area (TPSA) is 71.3 Å². The van der Waals surface area contributed by atoms with Gasteiger partial charge in [-0.15, -0.1) is 12.4 Å². The van der Waals surface area contributed by atoms with E-state index in [1.807, 2.05) is 4.90 Å². The maximum atomic E-state index is 12.3. The molecule has 2 atom stereocenters. The fourth-order valence-electron chi connectivity index (χ4n) is 3.27. The highest BCUT2D eigenvalue weighted by Gasteiger charge is 2.37. The second kappa shape index (κ2) is 7.18. The fraction of sp³-hybridized carbons (Fsp3) is 0.812. The first kappa shape index (κ1) is 18.2. The summed E-state index contributed by atoms with van der Waals surface area (Å²) >= 11 is 0. The number of amides is 1. The molecule has 0 bridgehead atoms. The summed E-state index contributed by atoms with van der Waals surface area (Å²) in [5.41, 5.74) is -0.0983. The van der Waals surface area contributed by atoms with Crippen LogP contribution in [0.25, 0.3) is 0 Å². The molecular weight excluding hydrogens is 316 g/mol. The zero-order valence-electron chi connectivity index (χ0n) is 14.2. The molecule has 2 aliphatic heterocycles. The van der Waals surface area contributed by atoms with E-state index in [1.54, 1.807) is 0 Å². The van der Waals surface area contributed by atoms with Crippen molar-refractivity contribution in [3.05, 3.63) is 11.7 Å². The van der Waals surface area contributed by atoms with Crippen LogP contribution in [0.1, 0.15) is 45.3 Å². The highest BCUT2D eigenvalue weighted by Crippen LogP contribution is 2.27. The van der Waals surface area contributed by atoms with Gasteiger partial charge in [-0.1, -0.05) is 25.9 Å². The number of nitrogens with one attached hydrogen (secondary N) is 1. The molecule has 0 saturated carbocycles. The monoisotopic (exact) mass is 342 g/mol. The van der Waals surface area contributed by atoms with Crippen molar-refractivity contribution >= 4 is 18.3 Å². The summed E-state index contributed by atoms with van der Waals surface area (Å²) in [7, 11) is 0. The first-order valence-electron chi connectivity index (χ1n) is 8.25. The molecule has 130 valence electrons.